The third-order valence-electron chi connectivity index (χ3n) is 5.41. The third kappa shape index (κ3) is 3.53. The standard InChI is InChI=1S/C25H26N2O/c1-17-13-18(2)22(19(3)14-17)16-27-24-8-6-5-7-23(24)26-25(27)15-20-9-11-21(28-4)12-10-20/h5-14H,15-16H2,1-4H3. The number of hydrogen-bond acceptors (Lipinski definition) is 2. The summed E-state index contributed by atoms with van der Waals surface area (Å²) < 4.78 is 7.65. The highest BCUT2D eigenvalue weighted by Crippen LogP contribution is 2.24. The van der Waals surface area contributed by atoms with Crippen molar-refractivity contribution in [1.82, 2.24) is 9.55 Å². The van der Waals surface area contributed by atoms with Gasteiger partial charge in [-0.25, -0.2) is 4.98 Å². The fourth-order valence-electron chi connectivity index (χ4n) is 3.98. The number of ether oxygens (including phenoxy) is 1. The summed E-state index contributed by atoms with van der Waals surface area (Å²) in [4.78, 5) is 4.96. The molecule has 0 aliphatic carbocycles. The van der Waals surface area contributed by atoms with Crippen molar-refractivity contribution in [2.45, 2.75) is 33.7 Å². The number of para-hydroxylation sites is 2. The van der Waals surface area contributed by atoms with Crippen molar-refractivity contribution >= 4 is 11.0 Å². The second-order valence-corrected chi connectivity index (χ2v) is 7.51. The molecule has 4 rings (SSSR count). The first kappa shape index (κ1) is 18.3. The maximum absolute atomic E-state index is 5.29. The van der Waals surface area contributed by atoms with E-state index in [1.54, 1.807) is 7.11 Å². The Balaban J connectivity index is 1.77. The van der Waals surface area contributed by atoms with Gasteiger partial charge in [-0.2, -0.15) is 0 Å². The summed E-state index contributed by atoms with van der Waals surface area (Å²) in [7, 11) is 1.70. The first-order valence-corrected chi connectivity index (χ1v) is 9.69. The van der Waals surface area contributed by atoms with Crippen LogP contribution in [-0.2, 0) is 13.0 Å². The number of methoxy groups -OCH3 is 1. The van der Waals surface area contributed by atoms with Gasteiger partial charge in [0.25, 0.3) is 0 Å². The van der Waals surface area contributed by atoms with Gasteiger partial charge in [0.1, 0.15) is 11.6 Å². The molecule has 142 valence electrons. The van der Waals surface area contributed by atoms with E-state index in [4.69, 9.17) is 9.72 Å². The zero-order chi connectivity index (χ0) is 19.7. The van der Waals surface area contributed by atoms with Gasteiger partial charge in [-0.3, -0.25) is 0 Å². The Hall–Kier alpha value is -3.07. The third-order valence-corrected chi connectivity index (χ3v) is 5.41. The molecule has 0 spiro atoms. The van der Waals surface area contributed by atoms with E-state index >= 15 is 0 Å². The quantitative estimate of drug-likeness (QED) is 0.457. The lowest BCUT2D eigenvalue weighted by Gasteiger charge is -2.15. The van der Waals surface area contributed by atoms with Crippen molar-refractivity contribution in [3.63, 3.8) is 0 Å². The van der Waals surface area contributed by atoms with Gasteiger partial charge in [-0.15, -0.1) is 0 Å². The molecule has 0 aliphatic heterocycles. The molecular weight excluding hydrogens is 344 g/mol. The molecule has 0 saturated carbocycles. The maximum atomic E-state index is 5.29. The average Bonchev–Trinajstić information content (AvgIpc) is 3.02. The highest BCUT2D eigenvalue weighted by molar-refractivity contribution is 5.76. The molecule has 0 bridgehead atoms. The van der Waals surface area contributed by atoms with E-state index in [1.165, 1.54) is 33.3 Å². The van der Waals surface area contributed by atoms with Crippen molar-refractivity contribution in [3.8, 4) is 5.75 Å². The van der Waals surface area contributed by atoms with E-state index in [0.717, 1.165) is 30.1 Å². The van der Waals surface area contributed by atoms with Gasteiger partial charge in [0.05, 0.1) is 18.1 Å². The first-order valence-electron chi connectivity index (χ1n) is 9.69. The van der Waals surface area contributed by atoms with Crippen LogP contribution in [0, 0.1) is 20.8 Å². The molecule has 0 aliphatic rings. The molecule has 3 nitrogen and oxygen atoms in total. The Morgan fingerprint density at radius 1 is 0.893 bits per heavy atom. The Labute approximate surface area is 166 Å². The molecule has 0 amide bonds. The normalized spacial score (nSPS) is 11.1. The predicted octanol–water partition coefficient (Wildman–Crippen LogP) is 5.61. The van der Waals surface area contributed by atoms with Crippen LogP contribution in [0.5, 0.6) is 5.75 Å². The molecule has 1 heterocycles. The molecule has 3 aromatic carbocycles. The maximum Gasteiger partial charge on any atom is 0.118 e. The Bertz CT molecular complexity index is 1100. The lowest BCUT2D eigenvalue weighted by molar-refractivity contribution is 0.414. The lowest BCUT2D eigenvalue weighted by Crippen LogP contribution is -2.08. The minimum absolute atomic E-state index is 0.794. The van der Waals surface area contributed by atoms with Crippen LogP contribution in [0.25, 0.3) is 11.0 Å². The van der Waals surface area contributed by atoms with Crippen LogP contribution in [0.1, 0.15) is 33.6 Å². The Morgan fingerprint density at radius 3 is 2.25 bits per heavy atom. The molecule has 0 fully saturated rings. The monoisotopic (exact) mass is 370 g/mol. The SMILES string of the molecule is COc1ccc(Cc2nc3ccccc3n2Cc2c(C)cc(C)cc2C)cc1. The predicted molar refractivity (Wildman–Crippen MR) is 115 cm³/mol. The van der Waals surface area contributed by atoms with Gasteiger partial charge in [0, 0.05) is 13.0 Å². The van der Waals surface area contributed by atoms with Crippen molar-refractivity contribution in [1.29, 1.82) is 0 Å². The molecular formula is C25H26N2O. The van der Waals surface area contributed by atoms with Crippen LogP contribution < -0.4 is 4.74 Å². The molecule has 0 saturated heterocycles. The Kier molecular flexibility index (Phi) is 4.91. The number of imidazole rings is 1. The second kappa shape index (κ2) is 7.51. The number of aryl methyl sites for hydroxylation is 3. The van der Waals surface area contributed by atoms with Gasteiger partial charge < -0.3 is 9.30 Å². The summed E-state index contributed by atoms with van der Waals surface area (Å²) in [5.41, 5.74) is 8.84. The fraction of sp³-hybridized carbons (Fsp3) is 0.240. The van der Waals surface area contributed by atoms with E-state index in [2.05, 4.69) is 73.9 Å². The molecule has 0 atom stereocenters. The molecule has 0 unspecified atom stereocenters. The highest BCUT2D eigenvalue weighted by atomic mass is 16.5. The number of benzene rings is 3. The number of fused-ring (bicyclic) bond motifs is 1. The van der Waals surface area contributed by atoms with Gasteiger partial charge in [0.2, 0.25) is 0 Å². The summed E-state index contributed by atoms with van der Waals surface area (Å²) in [6.45, 7) is 7.41. The van der Waals surface area contributed by atoms with Crippen LogP contribution in [-0.4, -0.2) is 16.7 Å². The van der Waals surface area contributed by atoms with E-state index in [9.17, 15) is 0 Å². The van der Waals surface area contributed by atoms with E-state index in [-0.39, 0.29) is 0 Å². The van der Waals surface area contributed by atoms with Crippen LogP contribution >= 0.6 is 0 Å². The Morgan fingerprint density at radius 2 is 1.57 bits per heavy atom. The molecule has 0 radical (unpaired) electrons. The summed E-state index contributed by atoms with van der Waals surface area (Å²) in [6.07, 6.45) is 0.794. The summed E-state index contributed by atoms with van der Waals surface area (Å²) in [5.74, 6) is 1.97. The minimum Gasteiger partial charge on any atom is -0.497 e. The number of nitrogens with zero attached hydrogens (tertiary/aromatic N) is 2. The lowest BCUT2D eigenvalue weighted by atomic mass is 9.99. The van der Waals surface area contributed by atoms with Crippen LogP contribution in [0.4, 0.5) is 0 Å². The number of aromatic nitrogens is 2. The average molecular weight is 370 g/mol. The van der Waals surface area contributed by atoms with Crippen LogP contribution in [0.2, 0.25) is 0 Å². The number of rotatable bonds is 5. The molecule has 3 heteroatoms. The largest absolute Gasteiger partial charge is 0.497 e. The van der Waals surface area contributed by atoms with Crippen molar-refractivity contribution in [3.05, 3.63) is 94.3 Å². The zero-order valence-electron chi connectivity index (χ0n) is 17.0. The van der Waals surface area contributed by atoms with E-state index in [1.807, 2.05) is 12.1 Å². The highest BCUT2D eigenvalue weighted by Gasteiger charge is 2.14. The van der Waals surface area contributed by atoms with Crippen LogP contribution in [0.15, 0.2) is 60.7 Å². The fourth-order valence-corrected chi connectivity index (χ4v) is 3.98. The topological polar surface area (TPSA) is 27.1 Å². The van der Waals surface area contributed by atoms with E-state index < -0.39 is 0 Å². The summed E-state index contributed by atoms with van der Waals surface area (Å²) in [6, 6.07) is 21.2. The summed E-state index contributed by atoms with van der Waals surface area (Å²) in [5, 5.41) is 0. The van der Waals surface area contributed by atoms with Gasteiger partial charge in [-0.05, 0) is 67.3 Å². The molecule has 28 heavy (non-hydrogen) atoms. The first-order chi connectivity index (χ1) is 13.5. The van der Waals surface area contributed by atoms with Crippen molar-refractivity contribution in [2.24, 2.45) is 0 Å². The summed E-state index contributed by atoms with van der Waals surface area (Å²) >= 11 is 0. The van der Waals surface area contributed by atoms with Crippen molar-refractivity contribution in [2.75, 3.05) is 7.11 Å². The van der Waals surface area contributed by atoms with Gasteiger partial charge in [0.15, 0.2) is 0 Å². The van der Waals surface area contributed by atoms with Crippen molar-refractivity contribution < 1.29 is 4.74 Å². The minimum atomic E-state index is 0.794. The molecule has 0 N–H and O–H groups in total. The zero-order valence-corrected chi connectivity index (χ0v) is 17.0. The number of hydrogen-bond donors (Lipinski definition) is 0. The molecule has 4 aromatic rings. The second-order valence-electron chi connectivity index (χ2n) is 7.51. The molecule has 1 aromatic heterocycles. The van der Waals surface area contributed by atoms with Gasteiger partial charge >= 0.3 is 0 Å². The smallest absolute Gasteiger partial charge is 0.118 e. The van der Waals surface area contributed by atoms with Crippen LogP contribution in [0.3, 0.4) is 0 Å². The van der Waals surface area contributed by atoms with Gasteiger partial charge in [-0.1, -0.05) is 42.0 Å². The van der Waals surface area contributed by atoms with E-state index in [0.29, 0.717) is 0 Å².